The van der Waals surface area contributed by atoms with Crippen molar-refractivity contribution in [2.24, 2.45) is 0 Å². The van der Waals surface area contributed by atoms with Crippen LogP contribution in [0.2, 0.25) is 0 Å². The zero-order valence-corrected chi connectivity index (χ0v) is 14.4. The highest BCUT2D eigenvalue weighted by Gasteiger charge is 2.14. The Morgan fingerprint density at radius 3 is 2.69 bits per heavy atom. The van der Waals surface area contributed by atoms with E-state index in [4.69, 9.17) is 9.47 Å². The van der Waals surface area contributed by atoms with Gasteiger partial charge in [-0.05, 0) is 35.9 Å². The van der Waals surface area contributed by atoms with Gasteiger partial charge in [0.05, 0.1) is 19.9 Å². The average Bonchev–Trinajstić information content (AvgIpc) is 3.11. The molecule has 0 bridgehead atoms. The van der Waals surface area contributed by atoms with Crippen molar-refractivity contribution >= 4 is 11.0 Å². The predicted octanol–water partition coefficient (Wildman–Crippen LogP) is 3.60. The van der Waals surface area contributed by atoms with E-state index in [9.17, 15) is 4.79 Å². The number of hydrogen-bond acceptors (Lipinski definition) is 4. The molecule has 130 valence electrons. The molecule has 3 heterocycles. The highest BCUT2D eigenvalue weighted by Crippen LogP contribution is 2.38. The first-order valence-corrected chi connectivity index (χ1v) is 8.09. The van der Waals surface area contributed by atoms with Crippen LogP contribution in [0.5, 0.6) is 11.5 Å². The minimum absolute atomic E-state index is 0.194. The van der Waals surface area contributed by atoms with Gasteiger partial charge < -0.3 is 19.4 Å². The van der Waals surface area contributed by atoms with Gasteiger partial charge in [0, 0.05) is 35.0 Å². The zero-order valence-electron chi connectivity index (χ0n) is 14.4. The number of methoxy groups -OCH3 is 2. The van der Waals surface area contributed by atoms with Gasteiger partial charge in [-0.25, -0.2) is 4.98 Å². The Kier molecular flexibility index (Phi) is 3.93. The van der Waals surface area contributed by atoms with E-state index in [2.05, 4.69) is 15.0 Å². The van der Waals surface area contributed by atoms with Crippen LogP contribution >= 0.6 is 0 Å². The number of hydrogen-bond donors (Lipinski definition) is 2. The summed E-state index contributed by atoms with van der Waals surface area (Å²) >= 11 is 0. The molecule has 3 aromatic heterocycles. The number of nitrogens with zero attached hydrogens (tertiary/aromatic N) is 1. The topological polar surface area (TPSA) is 80.0 Å². The molecule has 0 saturated heterocycles. The van der Waals surface area contributed by atoms with Crippen LogP contribution < -0.4 is 15.0 Å². The number of ether oxygens (including phenoxy) is 2. The third-order valence-corrected chi connectivity index (χ3v) is 4.30. The van der Waals surface area contributed by atoms with E-state index >= 15 is 0 Å². The summed E-state index contributed by atoms with van der Waals surface area (Å²) in [5.74, 6) is 1.18. The molecule has 26 heavy (non-hydrogen) atoms. The predicted molar refractivity (Wildman–Crippen MR) is 101 cm³/mol. The molecule has 0 atom stereocenters. The highest BCUT2D eigenvalue weighted by molar-refractivity contribution is 5.94. The molecule has 4 rings (SSSR count). The third kappa shape index (κ3) is 2.61. The quantitative estimate of drug-likeness (QED) is 0.591. The SMILES string of the molecule is COc1cccc(-c2cc(-c3c[nH]c4ncccc34)cc(=O)[nH]2)c1OC. The minimum Gasteiger partial charge on any atom is -0.493 e. The molecule has 0 fully saturated rings. The van der Waals surface area contributed by atoms with Crippen molar-refractivity contribution in [3.05, 3.63) is 65.2 Å². The first-order valence-electron chi connectivity index (χ1n) is 8.09. The lowest BCUT2D eigenvalue weighted by Crippen LogP contribution is -2.06. The van der Waals surface area contributed by atoms with Gasteiger partial charge in [-0.2, -0.15) is 0 Å². The molecule has 0 spiro atoms. The summed E-state index contributed by atoms with van der Waals surface area (Å²) in [6.45, 7) is 0. The largest absolute Gasteiger partial charge is 0.493 e. The van der Waals surface area contributed by atoms with E-state index < -0.39 is 0 Å². The summed E-state index contributed by atoms with van der Waals surface area (Å²) in [4.78, 5) is 22.6. The fraction of sp³-hybridized carbons (Fsp3) is 0.100. The molecule has 4 aromatic rings. The van der Waals surface area contributed by atoms with Gasteiger partial charge in [-0.3, -0.25) is 4.79 Å². The molecular weight excluding hydrogens is 330 g/mol. The van der Waals surface area contributed by atoms with Gasteiger partial charge in [0.1, 0.15) is 5.65 Å². The van der Waals surface area contributed by atoms with Gasteiger partial charge in [0.2, 0.25) is 5.56 Å². The second kappa shape index (κ2) is 6.40. The maximum Gasteiger partial charge on any atom is 0.249 e. The molecule has 0 aliphatic rings. The molecule has 2 N–H and O–H groups in total. The summed E-state index contributed by atoms with van der Waals surface area (Å²) in [6, 6.07) is 12.9. The average molecular weight is 347 g/mol. The lowest BCUT2D eigenvalue weighted by atomic mass is 10.0. The Morgan fingerprint density at radius 1 is 1.00 bits per heavy atom. The molecule has 0 aliphatic carbocycles. The second-order valence-electron chi connectivity index (χ2n) is 5.79. The van der Waals surface area contributed by atoms with Gasteiger partial charge in [0.25, 0.3) is 0 Å². The minimum atomic E-state index is -0.194. The highest BCUT2D eigenvalue weighted by atomic mass is 16.5. The van der Waals surface area contributed by atoms with Crippen LogP contribution in [0.3, 0.4) is 0 Å². The van der Waals surface area contributed by atoms with Gasteiger partial charge in [-0.1, -0.05) is 6.07 Å². The Morgan fingerprint density at radius 2 is 1.88 bits per heavy atom. The van der Waals surface area contributed by atoms with Crippen LogP contribution in [0.4, 0.5) is 0 Å². The van der Waals surface area contributed by atoms with Crippen LogP contribution in [-0.4, -0.2) is 29.2 Å². The van der Waals surface area contributed by atoms with E-state index in [1.807, 2.05) is 42.6 Å². The molecule has 6 nitrogen and oxygen atoms in total. The third-order valence-electron chi connectivity index (χ3n) is 4.30. The first kappa shape index (κ1) is 16.0. The van der Waals surface area contributed by atoms with E-state index in [1.165, 1.54) is 0 Å². The number of aromatic amines is 2. The van der Waals surface area contributed by atoms with Crippen LogP contribution in [0, 0.1) is 0 Å². The first-order chi connectivity index (χ1) is 12.7. The van der Waals surface area contributed by atoms with Crippen LogP contribution in [0.15, 0.2) is 59.7 Å². The molecule has 1 aromatic carbocycles. The Bertz CT molecular complexity index is 1140. The lowest BCUT2D eigenvalue weighted by Gasteiger charge is -2.13. The molecule has 6 heteroatoms. The summed E-state index contributed by atoms with van der Waals surface area (Å²) in [5, 5.41) is 0.960. The Hall–Kier alpha value is -3.54. The normalized spacial score (nSPS) is 10.8. The van der Waals surface area contributed by atoms with Crippen LogP contribution in [0.25, 0.3) is 33.4 Å². The lowest BCUT2D eigenvalue weighted by molar-refractivity contribution is 0.356. The second-order valence-corrected chi connectivity index (χ2v) is 5.79. The van der Waals surface area contributed by atoms with Crippen LogP contribution in [-0.2, 0) is 0 Å². The van der Waals surface area contributed by atoms with Crippen molar-refractivity contribution in [3.63, 3.8) is 0 Å². The Labute approximate surface area is 149 Å². The molecular formula is C20H17N3O3. The van der Waals surface area contributed by atoms with E-state index in [0.717, 1.165) is 27.7 Å². The van der Waals surface area contributed by atoms with Crippen molar-refractivity contribution < 1.29 is 9.47 Å². The maximum atomic E-state index is 12.3. The smallest absolute Gasteiger partial charge is 0.249 e. The van der Waals surface area contributed by atoms with Crippen molar-refractivity contribution in [3.8, 4) is 33.9 Å². The monoisotopic (exact) mass is 347 g/mol. The molecule has 0 radical (unpaired) electrons. The molecule has 0 saturated carbocycles. The fourth-order valence-electron chi connectivity index (χ4n) is 3.14. The maximum absolute atomic E-state index is 12.3. The molecule has 0 aliphatic heterocycles. The summed E-state index contributed by atoms with van der Waals surface area (Å²) in [7, 11) is 3.16. The number of rotatable bonds is 4. The van der Waals surface area contributed by atoms with Crippen molar-refractivity contribution in [2.45, 2.75) is 0 Å². The number of benzene rings is 1. The number of nitrogens with one attached hydrogen (secondary N) is 2. The van der Waals surface area contributed by atoms with Gasteiger partial charge >= 0.3 is 0 Å². The van der Waals surface area contributed by atoms with Gasteiger partial charge in [-0.15, -0.1) is 0 Å². The van der Waals surface area contributed by atoms with E-state index in [-0.39, 0.29) is 5.56 Å². The molecule has 0 unspecified atom stereocenters. The number of para-hydroxylation sites is 1. The number of pyridine rings is 2. The van der Waals surface area contributed by atoms with Gasteiger partial charge in [0.15, 0.2) is 11.5 Å². The van der Waals surface area contributed by atoms with E-state index in [1.54, 1.807) is 26.5 Å². The number of fused-ring (bicyclic) bond motifs is 1. The summed E-state index contributed by atoms with van der Waals surface area (Å²) < 4.78 is 10.9. The molecule has 0 amide bonds. The summed E-state index contributed by atoms with van der Waals surface area (Å²) in [6.07, 6.45) is 3.59. The van der Waals surface area contributed by atoms with Crippen LogP contribution in [0.1, 0.15) is 0 Å². The van der Waals surface area contributed by atoms with Crippen molar-refractivity contribution in [1.29, 1.82) is 0 Å². The summed E-state index contributed by atoms with van der Waals surface area (Å²) in [5.41, 5.74) is 3.71. The fourth-order valence-corrected chi connectivity index (χ4v) is 3.14. The Balaban J connectivity index is 1.93. The van der Waals surface area contributed by atoms with Crippen molar-refractivity contribution in [1.82, 2.24) is 15.0 Å². The standard InChI is InChI=1S/C20H17N3O3/c1-25-17-7-3-5-14(19(17)26-2)16-9-12(10-18(24)23-16)15-11-22-20-13(15)6-4-8-21-20/h3-11H,1-2H3,(H,21,22)(H,23,24). The number of H-pyrrole nitrogens is 2. The van der Waals surface area contributed by atoms with E-state index in [0.29, 0.717) is 17.2 Å². The van der Waals surface area contributed by atoms with Crippen molar-refractivity contribution in [2.75, 3.05) is 14.2 Å². The number of aromatic nitrogens is 3. The zero-order chi connectivity index (χ0) is 18.1.